The summed E-state index contributed by atoms with van der Waals surface area (Å²) >= 11 is 14.4. The van der Waals surface area contributed by atoms with Crippen molar-refractivity contribution in [2.45, 2.75) is 6.92 Å². The van der Waals surface area contributed by atoms with Crippen LogP contribution >= 0.6 is 66.1 Å². The first-order valence-electron chi connectivity index (χ1n) is 14.0. The molecule has 8 N–H and O–H groups in total. The van der Waals surface area contributed by atoms with Gasteiger partial charge in [0, 0.05) is 36.2 Å². The van der Waals surface area contributed by atoms with Crippen LogP contribution in [0.2, 0.25) is 0 Å². The topological polar surface area (TPSA) is 217 Å². The third-order valence-corrected chi connectivity index (χ3v) is 9.30. The normalized spacial score (nSPS) is 9.82. The molecule has 1 aromatic carbocycles. The van der Waals surface area contributed by atoms with E-state index in [1.807, 2.05) is 35.7 Å². The number of rotatable bonds is 4. The van der Waals surface area contributed by atoms with Gasteiger partial charge in [-0.2, -0.15) is 26.6 Å². The molecule has 50 heavy (non-hydrogen) atoms. The molecular formula is C30H30BBr2ClN10O4S2. The van der Waals surface area contributed by atoms with Gasteiger partial charge < -0.3 is 26.4 Å². The van der Waals surface area contributed by atoms with Gasteiger partial charge in [-0.3, -0.25) is 19.8 Å². The van der Waals surface area contributed by atoms with E-state index < -0.39 is 7.12 Å². The van der Waals surface area contributed by atoms with Gasteiger partial charge >= 0.3 is 7.12 Å². The predicted octanol–water partition coefficient (Wildman–Crippen LogP) is 5.44. The zero-order chi connectivity index (χ0) is 36.6. The number of benzene rings is 1. The molecule has 0 atom stereocenters. The Bertz CT molecular complexity index is 2030. The molecule has 6 heterocycles. The number of thiophene rings is 2. The Morgan fingerprint density at radius 2 is 1.68 bits per heavy atom. The predicted molar refractivity (Wildman–Crippen MR) is 208 cm³/mol. The van der Waals surface area contributed by atoms with Gasteiger partial charge in [0.1, 0.15) is 11.6 Å². The van der Waals surface area contributed by atoms with E-state index in [2.05, 4.69) is 62.3 Å². The highest BCUT2D eigenvalue weighted by atomic mass is 79.9. The number of carbonyl (C=O) groups is 2. The van der Waals surface area contributed by atoms with Crippen molar-refractivity contribution in [3.63, 3.8) is 0 Å². The number of amides is 1. The number of nitrogens with two attached hydrogens (primary N) is 2. The number of nitrogens with zero attached hydrogens (tertiary/aromatic N) is 6. The lowest BCUT2D eigenvalue weighted by molar-refractivity contribution is -0.116. The number of nitrogen functional groups attached to an aromatic ring is 2. The van der Waals surface area contributed by atoms with Gasteiger partial charge in [-0.05, 0) is 84.6 Å². The van der Waals surface area contributed by atoms with Crippen molar-refractivity contribution in [1.29, 1.82) is 0 Å². The van der Waals surface area contributed by atoms with E-state index in [1.165, 1.54) is 22.7 Å². The molecule has 260 valence electrons. The third kappa shape index (κ3) is 12.5. The standard InChI is InChI=1S/C15H13BrN4O.C5H3ClOS.C4H5BO2S.C3H4BrN3.C3H5N3/c1-10(21)19(2)12-5-3-4-11(8-12)14-6-7-17-15-13(16)9-18-20(14)15;2*6-5(7)4-2-1-3-8-4;4-2-1-6-7-3(2)5;4-3-1-2-5-6-3/h3-9H,1-2H3;1-3H;1-3,6-7H;1H,(H3,5,6,7);1-2H,(H3,4,5,6). The zero-order valence-electron chi connectivity index (χ0n) is 26.3. The van der Waals surface area contributed by atoms with Crippen molar-refractivity contribution < 1.29 is 19.6 Å². The second-order valence-electron chi connectivity index (χ2n) is 9.47. The second-order valence-corrected chi connectivity index (χ2v) is 13.4. The molecule has 14 nitrogen and oxygen atoms in total. The summed E-state index contributed by atoms with van der Waals surface area (Å²) in [4.78, 5) is 28.3. The van der Waals surface area contributed by atoms with E-state index >= 15 is 0 Å². The molecule has 0 radical (unpaired) electrons. The fourth-order valence-corrected chi connectivity index (χ4v) is 5.41. The summed E-state index contributed by atoms with van der Waals surface area (Å²) < 4.78 is 4.02. The van der Waals surface area contributed by atoms with Gasteiger partial charge in [-0.1, -0.05) is 30.3 Å². The van der Waals surface area contributed by atoms with Gasteiger partial charge in [0.2, 0.25) is 5.91 Å². The summed E-state index contributed by atoms with van der Waals surface area (Å²) in [7, 11) is 0.462. The van der Waals surface area contributed by atoms with Crippen molar-refractivity contribution in [3.8, 4) is 11.3 Å². The van der Waals surface area contributed by atoms with Crippen molar-refractivity contribution >= 4 is 112 Å². The van der Waals surface area contributed by atoms with Crippen LogP contribution in [0, 0.1) is 0 Å². The summed E-state index contributed by atoms with van der Waals surface area (Å²) in [6.45, 7) is 1.54. The number of nitrogens with one attached hydrogen (secondary N) is 2. The lowest BCUT2D eigenvalue weighted by Gasteiger charge is -2.16. The first-order chi connectivity index (χ1) is 23.9. The smallest absolute Gasteiger partial charge is 0.423 e. The number of hydrogen-bond acceptors (Lipinski definition) is 12. The highest BCUT2D eigenvalue weighted by molar-refractivity contribution is 9.11. The highest BCUT2D eigenvalue weighted by Crippen LogP contribution is 2.26. The van der Waals surface area contributed by atoms with Crippen LogP contribution in [-0.2, 0) is 4.79 Å². The molecule has 0 aliphatic rings. The first kappa shape index (κ1) is 40.1. The Morgan fingerprint density at radius 3 is 2.12 bits per heavy atom. The van der Waals surface area contributed by atoms with Crippen molar-refractivity contribution in [2.75, 3.05) is 23.4 Å². The number of carbonyl (C=O) groups excluding carboxylic acids is 2. The SMILES string of the molecule is CC(=O)N(C)c1cccc(-c2ccnc3c(Br)cnn23)c1.Nc1[nH]ncc1Br.Nc1ccn[nH]1.O=C(Cl)c1cccs1.OB(O)c1cccs1. The number of H-pyrrole nitrogens is 2. The van der Waals surface area contributed by atoms with Gasteiger partial charge in [-0.15, -0.1) is 11.3 Å². The molecule has 0 bridgehead atoms. The molecular weight excluding hydrogens is 835 g/mol. The Balaban J connectivity index is 0.000000192. The Kier molecular flexibility index (Phi) is 16.3. The quantitative estimate of drug-likeness (QED) is 0.0973. The first-order valence-corrected chi connectivity index (χ1v) is 17.8. The molecule has 7 aromatic rings. The minimum atomic E-state index is -1.30. The molecule has 0 aliphatic carbocycles. The number of hydrogen-bond donors (Lipinski definition) is 6. The molecule has 1 amide bonds. The fraction of sp³-hybridized carbons (Fsp3) is 0.0667. The van der Waals surface area contributed by atoms with E-state index in [9.17, 15) is 9.59 Å². The second kappa shape index (κ2) is 20.3. The molecule has 0 saturated carbocycles. The summed E-state index contributed by atoms with van der Waals surface area (Å²) in [6.07, 6.45) is 6.68. The number of aromatic nitrogens is 7. The van der Waals surface area contributed by atoms with Crippen molar-refractivity contribution in [3.05, 3.63) is 110 Å². The number of fused-ring (bicyclic) bond motifs is 1. The van der Waals surface area contributed by atoms with Gasteiger partial charge in [0.25, 0.3) is 5.24 Å². The lowest BCUT2D eigenvalue weighted by atomic mass is 9.90. The van der Waals surface area contributed by atoms with Crippen LogP contribution in [0.3, 0.4) is 0 Å². The Morgan fingerprint density at radius 1 is 0.940 bits per heavy atom. The van der Waals surface area contributed by atoms with Gasteiger partial charge in [0.15, 0.2) is 5.65 Å². The van der Waals surface area contributed by atoms with Crippen LogP contribution in [0.15, 0.2) is 105 Å². The monoisotopic (exact) mass is 862 g/mol. The summed E-state index contributed by atoms with van der Waals surface area (Å²) in [5.41, 5.74) is 13.9. The molecule has 0 unspecified atom stereocenters. The maximum Gasteiger partial charge on any atom is 0.499 e. The van der Waals surface area contributed by atoms with Crippen LogP contribution in [0.1, 0.15) is 16.6 Å². The van der Waals surface area contributed by atoms with Crippen LogP contribution in [0.25, 0.3) is 16.9 Å². The van der Waals surface area contributed by atoms with Gasteiger partial charge in [-0.25, -0.2) is 9.50 Å². The minimum Gasteiger partial charge on any atom is -0.423 e. The van der Waals surface area contributed by atoms with E-state index in [4.69, 9.17) is 33.1 Å². The maximum absolute atomic E-state index is 11.5. The zero-order valence-corrected chi connectivity index (χ0v) is 31.9. The van der Waals surface area contributed by atoms with Crippen LogP contribution in [-0.4, -0.2) is 70.4 Å². The van der Waals surface area contributed by atoms with Gasteiger partial charge in [0.05, 0.1) is 38.1 Å². The van der Waals surface area contributed by atoms with Crippen molar-refractivity contribution in [1.82, 2.24) is 35.0 Å². The molecule has 0 saturated heterocycles. The van der Waals surface area contributed by atoms with Crippen LogP contribution in [0.4, 0.5) is 17.3 Å². The number of halogens is 3. The molecule has 0 spiro atoms. The minimum absolute atomic E-state index is 0.00569. The number of anilines is 3. The molecule has 7 rings (SSSR count). The molecule has 6 aromatic heterocycles. The fourth-order valence-electron chi connectivity index (χ4n) is 3.51. The molecule has 0 aliphatic heterocycles. The number of aromatic amines is 2. The summed E-state index contributed by atoms with van der Waals surface area (Å²) in [6, 6.07) is 18.3. The van der Waals surface area contributed by atoms with Crippen LogP contribution < -0.4 is 21.1 Å². The largest absolute Gasteiger partial charge is 0.499 e. The van der Waals surface area contributed by atoms with E-state index in [0.29, 0.717) is 21.3 Å². The van der Waals surface area contributed by atoms with E-state index in [-0.39, 0.29) is 11.1 Å². The molecule has 20 heteroatoms. The molecule has 0 fully saturated rings. The average Bonchev–Trinajstić information content (AvgIpc) is 3.96. The summed E-state index contributed by atoms with van der Waals surface area (Å²) in [5.74, 6) is 1.17. The van der Waals surface area contributed by atoms with E-state index in [0.717, 1.165) is 31.5 Å². The maximum atomic E-state index is 11.5. The van der Waals surface area contributed by atoms with E-state index in [1.54, 1.807) is 83.9 Å². The highest BCUT2D eigenvalue weighted by Gasteiger charge is 2.11. The van der Waals surface area contributed by atoms with Crippen LogP contribution in [0.5, 0.6) is 0 Å². The van der Waals surface area contributed by atoms with Crippen molar-refractivity contribution in [2.24, 2.45) is 0 Å². The Labute approximate surface area is 316 Å². The summed E-state index contributed by atoms with van der Waals surface area (Å²) in [5, 5.41) is 36.8. The lowest BCUT2D eigenvalue weighted by Crippen LogP contribution is -2.26. The average molecular weight is 865 g/mol. The third-order valence-electron chi connectivity index (χ3n) is 6.01. The Hall–Kier alpha value is -4.37.